The highest BCUT2D eigenvalue weighted by molar-refractivity contribution is 6.27. The average Bonchev–Trinajstić information content (AvgIpc) is 2.63. The molecule has 0 amide bonds. The van der Waals surface area contributed by atoms with E-state index in [-0.39, 0.29) is 5.41 Å². The van der Waals surface area contributed by atoms with E-state index in [9.17, 15) is 0 Å². The summed E-state index contributed by atoms with van der Waals surface area (Å²) < 4.78 is 16.4. The first-order valence-corrected chi connectivity index (χ1v) is 9.16. The first kappa shape index (κ1) is 25.8. The number of benzene rings is 1. The normalized spacial score (nSPS) is 10.7. The molecular weight excluding hydrogens is 366 g/mol. The first-order valence-electron chi connectivity index (χ1n) is 9.16. The van der Waals surface area contributed by atoms with Crippen molar-refractivity contribution in [2.75, 3.05) is 46.6 Å². The van der Waals surface area contributed by atoms with E-state index in [0.29, 0.717) is 19.8 Å². The molecule has 8 nitrogen and oxygen atoms in total. The van der Waals surface area contributed by atoms with Crippen molar-refractivity contribution in [2.45, 2.75) is 32.6 Å². The Labute approximate surface area is 166 Å². The van der Waals surface area contributed by atoms with Gasteiger partial charge in [0.2, 0.25) is 0 Å². The highest BCUT2D eigenvalue weighted by Gasteiger charge is 2.18. The van der Waals surface area contributed by atoms with Crippen LogP contribution in [0.15, 0.2) is 24.3 Å². The van der Waals surface area contributed by atoms with Gasteiger partial charge >= 0.3 is 11.9 Å². The number of hydrogen-bond donors (Lipinski definition) is 3. The minimum absolute atomic E-state index is 0.0869. The van der Waals surface area contributed by atoms with Gasteiger partial charge in [0, 0.05) is 20.3 Å². The number of hydrogen-bond acceptors (Lipinski definition) is 6. The topological polar surface area (TPSA) is 114 Å². The average molecular weight is 399 g/mol. The van der Waals surface area contributed by atoms with Gasteiger partial charge in [0.1, 0.15) is 12.4 Å². The third kappa shape index (κ3) is 13.1. The van der Waals surface area contributed by atoms with E-state index in [1.54, 1.807) is 7.11 Å². The molecule has 0 bridgehead atoms. The second kappa shape index (κ2) is 14.8. The smallest absolute Gasteiger partial charge is 0.414 e. The van der Waals surface area contributed by atoms with Crippen molar-refractivity contribution in [3.05, 3.63) is 29.8 Å². The Morgan fingerprint density at radius 1 is 0.964 bits per heavy atom. The SMILES string of the molecule is COCCCNCCOCCOc1ccccc1C(C)(C)C.O=C(O)C(=O)O. The molecule has 160 valence electrons. The van der Waals surface area contributed by atoms with Gasteiger partial charge in [0.05, 0.1) is 13.2 Å². The number of aliphatic carboxylic acids is 2. The predicted octanol–water partition coefficient (Wildman–Crippen LogP) is 2.16. The third-order valence-corrected chi connectivity index (χ3v) is 3.49. The highest BCUT2D eigenvalue weighted by Crippen LogP contribution is 2.30. The molecule has 0 radical (unpaired) electrons. The number of para-hydroxylation sites is 1. The van der Waals surface area contributed by atoms with Gasteiger partial charge < -0.3 is 29.7 Å². The highest BCUT2D eigenvalue weighted by atomic mass is 16.5. The number of carboxylic acids is 2. The Morgan fingerprint density at radius 2 is 1.61 bits per heavy atom. The van der Waals surface area contributed by atoms with Crippen LogP contribution in [0.1, 0.15) is 32.8 Å². The molecule has 1 aromatic rings. The van der Waals surface area contributed by atoms with E-state index in [4.69, 9.17) is 34.0 Å². The van der Waals surface area contributed by atoms with Gasteiger partial charge in [-0.3, -0.25) is 0 Å². The molecule has 0 fully saturated rings. The zero-order valence-electron chi connectivity index (χ0n) is 17.2. The fourth-order valence-electron chi connectivity index (χ4n) is 2.14. The first-order chi connectivity index (χ1) is 13.2. The van der Waals surface area contributed by atoms with Gasteiger partial charge in [-0.2, -0.15) is 0 Å². The lowest BCUT2D eigenvalue weighted by molar-refractivity contribution is -0.159. The summed E-state index contributed by atoms with van der Waals surface area (Å²) in [6.45, 7) is 11.1. The van der Waals surface area contributed by atoms with Crippen molar-refractivity contribution in [3.8, 4) is 5.75 Å². The molecule has 1 rings (SSSR count). The van der Waals surface area contributed by atoms with Crippen molar-refractivity contribution in [2.24, 2.45) is 0 Å². The molecule has 0 saturated heterocycles. The largest absolute Gasteiger partial charge is 0.491 e. The van der Waals surface area contributed by atoms with Crippen LogP contribution in [0.5, 0.6) is 5.75 Å². The summed E-state index contributed by atoms with van der Waals surface area (Å²) >= 11 is 0. The summed E-state index contributed by atoms with van der Waals surface area (Å²) in [6.07, 6.45) is 1.03. The van der Waals surface area contributed by atoms with Crippen LogP contribution in [-0.2, 0) is 24.5 Å². The van der Waals surface area contributed by atoms with Crippen LogP contribution in [0.25, 0.3) is 0 Å². The number of nitrogens with one attached hydrogen (secondary N) is 1. The van der Waals surface area contributed by atoms with E-state index < -0.39 is 11.9 Å². The van der Waals surface area contributed by atoms with Crippen molar-refractivity contribution in [1.82, 2.24) is 5.32 Å². The zero-order chi connectivity index (χ0) is 21.4. The standard InChI is InChI=1S/C18H31NO3.C2H2O4/c1-18(2,3)16-8-5-6-9-17(16)22-15-14-21-13-11-19-10-7-12-20-4;3-1(4)2(5)6/h5-6,8-9,19H,7,10-15H2,1-4H3;(H,3,4)(H,5,6). The molecule has 3 N–H and O–H groups in total. The lowest BCUT2D eigenvalue weighted by Gasteiger charge is -2.22. The van der Waals surface area contributed by atoms with Gasteiger partial charge in [-0.15, -0.1) is 0 Å². The molecule has 0 unspecified atom stereocenters. The molecule has 1 aromatic carbocycles. The van der Waals surface area contributed by atoms with E-state index in [0.717, 1.165) is 31.9 Å². The fraction of sp³-hybridized carbons (Fsp3) is 0.600. The lowest BCUT2D eigenvalue weighted by Crippen LogP contribution is -2.23. The number of rotatable bonds is 11. The third-order valence-electron chi connectivity index (χ3n) is 3.49. The minimum atomic E-state index is -1.82. The summed E-state index contributed by atoms with van der Waals surface area (Å²) in [6, 6.07) is 8.21. The van der Waals surface area contributed by atoms with Crippen molar-refractivity contribution >= 4 is 11.9 Å². The van der Waals surface area contributed by atoms with Crippen molar-refractivity contribution in [3.63, 3.8) is 0 Å². The number of ether oxygens (including phenoxy) is 3. The van der Waals surface area contributed by atoms with Crippen LogP contribution in [0.3, 0.4) is 0 Å². The Hall–Kier alpha value is -2.16. The summed E-state index contributed by atoms with van der Waals surface area (Å²) in [5.74, 6) is -2.69. The summed E-state index contributed by atoms with van der Waals surface area (Å²) in [4.78, 5) is 18.2. The Balaban J connectivity index is 0.00000105. The van der Waals surface area contributed by atoms with Crippen molar-refractivity contribution in [1.29, 1.82) is 0 Å². The second-order valence-electron chi connectivity index (χ2n) is 6.91. The molecule has 0 spiro atoms. The summed E-state index contributed by atoms with van der Waals surface area (Å²) in [5.41, 5.74) is 1.32. The molecule has 28 heavy (non-hydrogen) atoms. The predicted molar refractivity (Wildman–Crippen MR) is 106 cm³/mol. The monoisotopic (exact) mass is 399 g/mol. The van der Waals surface area contributed by atoms with Crippen molar-refractivity contribution < 1.29 is 34.0 Å². The van der Waals surface area contributed by atoms with E-state index in [2.05, 4.69) is 38.2 Å². The number of methoxy groups -OCH3 is 1. The maximum atomic E-state index is 9.10. The van der Waals surface area contributed by atoms with Crippen LogP contribution in [0.4, 0.5) is 0 Å². The van der Waals surface area contributed by atoms with E-state index >= 15 is 0 Å². The lowest BCUT2D eigenvalue weighted by atomic mass is 9.86. The maximum absolute atomic E-state index is 9.10. The van der Waals surface area contributed by atoms with E-state index in [1.165, 1.54) is 5.56 Å². The maximum Gasteiger partial charge on any atom is 0.414 e. The van der Waals surface area contributed by atoms with Gasteiger partial charge in [-0.25, -0.2) is 9.59 Å². The van der Waals surface area contributed by atoms with Crippen LogP contribution in [0, 0.1) is 0 Å². The minimum Gasteiger partial charge on any atom is -0.491 e. The molecule has 0 aliphatic carbocycles. The van der Waals surface area contributed by atoms with Gasteiger partial charge in [0.15, 0.2) is 0 Å². The van der Waals surface area contributed by atoms with Crippen LogP contribution in [0.2, 0.25) is 0 Å². The molecule has 0 aliphatic heterocycles. The molecule has 0 atom stereocenters. The fourth-order valence-corrected chi connectivity index (χ4v) is 2.14. The molecule has 0 heterocycles. The number of carboxylic acid groups (broad SMARTS) is 2. The molecule has 0 aromatic heterocycles. The van der Waals surface area contributed by atoms with Gasteiger partial charge in [-0.05, 0) is 30.0 Å². The number of carbonyl (C=O) groups is 2. The molecule has 0 saturated carbocycles. The zero-order valence-corrected chi connectivity index (χ0v) is 17.2. The Morgan fingerprint density at radius 3 is 2.18 bits per heavy atom. The summed E-state index contributed by atoms with van der Waals surface area (Å²) in [5, 5.41) is 18.1. The van der Waals surface area contributed by atoms with Crippen LogP contribution in [-0.4, -0.2) is 68.8 Å². The van der Waals surface area contributed by atoms with E-state index in [1.807, 2.05) is 12.1 Å². The molecular formula is C20H33NO7. The van der Waals surface area contributed by atoms with Crippen LogP contribution < -0.4 is 10.1 Å². The van der Waals surface area contributed by atoms with Gasteiger partial charge in [-0.1, -0.05) is 39.0 Å². The second-order valence-corrected chi connectivity index (χ2v) is 6.91. The van der Waals surface area contributed by atoms with Gasteiger partial charge in [0.25, 0.3) is 0 Å². The Kier molecular flexibility index (Phi) is 13.7. The quantitative estimate of drug-likeness (QED) is 0.383. The Bertz CT molecular complexity index is 558. The molecule has 8 heteroatoms. The van der Waals surface area contributed by atoms with Crippen LogP contribution >= 0.6 is 0 Å². The molecule has 0 aliphatic rings. The summed E-state index contributed by atoms with van der Waals surface area (Å²) in [7, 11) is 1.72.